The van der Waals surface area contributed by atoms with Crippen LogP contribution < -0.4 is 0 Å². The van der Waals surface area contributed by atoms with Gasteiger partial charge in [-0.3, -0.25) is 4.79 Å². The van der Waals surface area contributed by atoms with Crippen LogP contribution in [0.1, 0.15) is 20.3 Å². The number of hydrogen-bond acceptors (Lipinski definition) is 3. The second-order valence-electron chi connectivity index (χ2n) is 5.40. The van der Waals surface area contributed by atoms with E-state index in [1.807, 2.05) is 18.9 Å². The molecule has 0 aliphatic carbocycles. The van der Waals surface area contributed by atoms with Crippen LogP contribution in [-0.4, -0.2) is 60.9 Å². The van der Waals surface area contributed by atoms with E-state index in [-0.39, 0.29) is 5.92 Å². The average Bonchev–Trinajstić information content (AvgIpc) is 2.27. The number of rotatable bonds is 4. The van der Waals surface area contributed by atoms with E-state index in [0.717, 1.165) is 25.3 Å². The van der Waals surface area contributed by atoms with Gasteiger partial charge in [-0.1, -0.05) is 13.8 Å². The molecule has 1 aliphatic heterocycles. The molecule has 1 rings (SSSR count). The highest BCUT2D eigenvalue weighted by Crippen LogP contribution is 2.22. The molecule has 4 heteroatoms. The van der Waals surface area contributed by atoms with Gasteiger partial charge in [-0.2, -0.15) is 11.8 Å². The molecule has 0 spiro atoms. The van der Waals surface area contributed by atoms with Crippen LogP contribution in [0.3, 0.4) is 0 Å². The van der Waals surface area contributed by atoms with Gasteiger partial charge in [0, 0.05) is 31.3 Å². The normalized spacial score (nSPS) is 27.8. The number of amides is 1. The lowest BCUT2D eigenvalue weighted by Crippen LogP contribution is -2.51. The van der Waals surface area contributed by atoms with Crippen LogP contribution in [0.4, 0.5) is 0 Å². The summed E-state index contributed by atoms with van der Waals surface area (Å²) in [5.41, 5.74) is 0. The minimum Gasteiger partial charge on any atom is -0.342 e. The zero-order chi connectivity index (χ0) is 13.0. The van der Waals surface area contributed by atoms with E-state index >= 15 is 0 Å². The summed E-state index contributed by atoms with van der Waals surface area (Å²) in [6.45, 7) is 6.49. The number of thioether (sulfide) groups is 1. The van der Waals surface area contributed by atoms with Crippen molar-refractivity contribution in [1.82, 2.24) is 9.80 Å². The van der Waals surface area contributed by atoms with Crippen molar-refractivity contribution in [2.45, 2.75) is 26.3 Å². The number of piperidine rings is 1. The Labute approximate surface area is 110 Å². The third-order valence-corrected chi connectivity index (χ3v) is 4.58. The summed E-state index contributed by atoms with van der Waals surface area (Å²) < 4.78 is 0. The first kappa shape index (κ1) is 14.8. The van der Waals surface area contributed by atoms with Crippen molar-refractivity contribution in [1.29, 1.82) is 0 Å². The van der Waals surface area contributed by atoms with E-state index in [1.54, 1.807) is 11.8 Å². The second kappa shape index (κ2) is 6.64. The molecule has 3 unspecified atom stereocenters. The van der Waals surface area contributed by atoms with Crippen LogP contribution in [0.25, 0.3) is 0 Å². The van der Waals surface area contributed by atoms with Crippen molar-refractivity contribution in [2.24, 2.45) is 11.8 Å². The molecule has 0 bridgehead atoms. The van der Waals surface area contributed by atoms with Crippen LogP contribution in [0.5, 0.6) is 0 Å². The number of hydrogen-bond donors (Lipinski definition) is 0. The predicted octanol–water partition coefficient (Wildman–Crippen LogP) is 1.78. The predicted molar refractivity (Wildman–Crippen MR) is 75.4 cm³/mol. The molecular formula is C13H26N2OS. The molecule has 0 radical (unpaired) electrons. The monoisotopic (exact) mass is 258 g/mol. The molecule has 0 aromatic carbocycles. The van der Waals surface area contributed by atoms with Crippen molar-refractivity contribution in [3.63, 3.8) is 0 Å². The molecule has 17 heavy (non-hydrogen) atoms. The van der Waals surface area contributed by atoms with Gasteiger partial charge in [0.2, 0.25) is 5.91 Å². The molecule has 1 amide bonds. The molecule has 1 fully saturated rings. The van der Waals surface area contributed by atoms with Gasteiger partial charge in [0.1, 0.15) is 0 Å². The number of likely N-dealkylation sites (tertiary alicyclic amines) is 1. The highest BCUT2D eigenvalue weighted by molar-refractivity contribution is 7.98. The summed E-state index contributed by atoms with van der Waals surface area (Å²) in [6, 6.07) is 0.419. The van der Waals surface area contributed by atoms with Gasteiger partial charge in [0.05, 0.1) is 0 Å². The molecule has 3 nitrogen and oxygen atoms in total. The number of carbonyl (C=O) groups excluding carboxylic acids is 1. The Morgan fingerprint density at radius 2 is 2.24 bits per heavy atom. The van der Waals surface area contributed by atoms with Crippen molar-refractivity contribution in [3.05, 3.63) is 0 Å². The van der Waals surface area contributed by atoms with E-state index < -0.39 is 0 Å². The molecule has 100 valence electrons. The van der Waals surface area contributed by atoms with Crippen molar-refractivity contribution >= 4 is 17.7 Å². The van der Waals surface area contributed by atoms with E-state index in [2.05, 4.69) is 25.1 Å². The molecular weight excluding hydrogens is 232 g/mol. The fraction of sp³-hybridized carbons (Fsp3) is 0.923. The standard InChI is InChI=1S/C13H26N2OS/c1-10-8-14(3)7-6-12(10)15(4)13(16)11(2)9-17-5/h10-12H,6-9H2,1-5H3. The fourth-order valence-corrected chi connectivity index (χ4v) is 3.39. The summed E-state index contributed by atoms with van der Waals surface area (Å²) in [4.78, 5) is 16.6. The van der Waals surface area contributed by atoms with Gasteiger partial charge in [-0.25, -0.2) is 0 Å². The Morgan fingerprint density at radius 3 is 2.76 bits per heavy atom. The maximum atomic E-state index is 12.3. The summed E-state index contributed by atoms with van der Waals surface area (Å²) in [7, 11) is 4.14. The zero-order valence-corrected chi connectivity index (χ0v) is 12.6. The van der Waals surface area contributed by atoms with Gasteiger partial charge >= 0.3 is 0 Å². The van der Waals surface area contributed by atoms with Crippen molar-refractivity contribution in [2.75, 3.05) is 39.2 Å². The molecule has 0 aromatic rings. The topological polar surface area (TPSA) is 23.6 Å². The Bertz CT molecular complexity index is 260. The third-order valence-electron chi connectivity index (χ3n) is 3.75. The Hall–Kier alpha value is -0.220. The largest absolute Gasteiger partial charge is 0.342 e. The van der Waals surface area contributed by atoms with Gasteiger partial charge in [0.15, 0.2) is 0 Å². The molecule has 0 saturated carbocycles. The average molecular weight is 258 g/mol. The smallest absolute Gasteiger partial charge is 0.226 e. The second-order valence-corrected chi connectivity index (χ2v) is 6.31. The van der Waals surface area contributed by atoms with E-state index in [4.69, 9.17) is 0 Å². The lowest BCUT2D eigenvalue weighted by Gasteiger charge is -2.40. The molecule has 1 heterocycles. The molecule has 1 saturated heterocycles. The van der Waals surface area contributed by atoms with Crippen LogP contribution in [0.15, 0.2) is 0 Å². The van der Waals surface area contributed by atoms with Crippen LogP contribution >= 0.6 is 11.8 Å². The summed E-state index contributed by atoms with van der Waals surface area (Å²) >= 11 is 1.75. The zero-order valence-electron chi connectivity index (χ0n) is 11.8. The first-order valence-electron chi connectivity index (χ1n) is 6.41. The van der Waals surface area contributed by atoms with Crippen LogP contribution in [0, 0.1) is 11.8 Å². The van der Waals surface area contributed by atoms with Gasteiger partial charge in [-0.05, 0) is 32.2 Å². The van der Waals surface area contributed by atoms with Gasteiger partial charge < -0.3 is 9.80 Å². The molecule has 0 aromatic heterocycles. The third kappa shape index (κ3) is 3.88. The minimum atomic E-state index is 0.141. The van der Waals surface area contributed by atoms with Gasteiger partial charge in [0.25, 0.3) is 0 Å². The molecule has 0 N–H and O–H groups in total. The van der Waals surface area contributed by atoms with E-state index in [1.165, 1.54) is 0 Å². The van der Waals surface area contributed by atoms with Gasteiger partial charge in [-0.15, -0.1) is 0 Å². The Morgan fingerprint density at radius 1 is 1.59 bits per heavy atom. The highest BCUT2D eigenvalue weighted by Gasteiger charge is 2.31. The minimum absolute atomic E-state index is 0.141. The highest BCUT2D eigenvalue weighted by atomic mass is 32.2. The maximum Gasteiger partial charge on any atom is 0.226 e. The van der Waals surface area contributed by atoms with Crippen molar-refractivity contribution < 1.29 is 4.79 Å². The summed E-state index contributed by atoms with van der Waals surface area (Å²) in [6.07, 6.45) is 3.16. The number of nitrogens with zero attached hydrogens (tertiary/aromatic N) is 2. The fourth-order valence-electron chi connectivity index (χ4n) is 2.75. The quantitative estimate of drug-likeness (QED) is 0.768. The van der Waals surface area contributed by atoms with E-state index in [0.29, 0.717) is 17.9 Å². The Kier molecular flexibility index (Phi) is 5.80. The summed E-state index contributed by atoms with van der Waals surface area (Å²) in [5, 5.41) is 0. The van der Waals surface area contributed by atoms with Crippen molar-refractivity contribution in [3.8, 4) is 0 Å². The lowest BCUT2D eigenvalue weighted by molar-refractivity contribution is -0.137. The van der Waals surface area contributed by atoms with Crippen LogP contribution in [0.2, 0.25) is 0 Å². The molecule has 3 atom stereocenters. The first-order chi connectivity index (χ1) is 7.97. The maximum absolute atomic E-state index is 12.3. The SMILES string of the molecule is CSCC(C)C(=O)N(C)C1CCN(C)CC1C. The van der Waals surface area contributed by atoms with Crippen LogP contribution in [-0.2, 0) is 4.79 Å². The van der Waals surface area contributed by atoms with E-state index in [9.17, 15) is 4.79 Å². The first-order valence-corrected chi connectivity index (χ1v) is 7.81. The lowest BCUT2D eigenvalue weighted by atomic mass is 9.92. The molecule has 1 aliphatic rings. The Balaban J connectivity index is 2.56. The number of carbonyl (C=O) groups is 1. The summed E-state index contributed by atoms with van der Waals surface area (Å²) in [5.74, 6) is 1.94.